The minimum Gasteiger partial charge on any atom is -0.394 e. The van der Waals surface area contributed by atoms with Crippen LogP contribution in [-0.2, 0) is 18.9 Å². The Morgan fingerprint density at radius 2 is 1.27 bits per heavy atom. The highest BCUT2D eigenvalue weighted by Crippen LogP contribution is 2.13. The standard InChI is InChI=1S/C16H34O6/c1-3-5-16(18)15(4-2)14-22-13-12-21-11-10-20-9-8-19-7-6-17/h15-18H,3-14H2,1-2H3. The van der Waals surface area contributed by atoms with Gasteiger partial charge in [-0.1, -0.05) is 20.3 Å². The Bertz CT molecular complexity index is 215. The van der Waals surface area contributed by atoms with Crippen LogP contribution in [0.3, 0.4) is 0 Å². The molecule has 0 aliphatic rings. The van der Waals surface area contributed by atoms with Crippen molar-refractivity contribution in [3.05, 3.63) is 0 Å². The van der Waals surface area contributed by atoms with Crippen LogP contribution in [0.15, 0.2) is 0 Å². The van der Waals surface area contributed by atoms with Gasteiger partial charge in [-0.2, -0.15) is 0 Å². The lowest BCUT2D eigenvalue weighted by molar-refractivity contribution is -0.0204. The molecule has 0 aliphatic heterocycles. The van der Waals surface area contributed by atoms with Crippen molar-refractivity contribution >= 4 is 0 Å². The van der Waals surface area contributed by atoms with Gasteiger partial charge in [-0.05, 0) is 12.8 Å². The van der Waals surface area contributed by atoms with Gasteiger partial charge in [0, 0.05) is 5.92 Å². The predicted octanol–water partition coefficient (Wildman–Crippen LogP) is 1.23. The van der Waals surface area contributed by atoms with Gasteiger partial charge < -0.3 is 29.2 Å². The van der Waals surface area contributed by atoms with Gasteiger partial charge >= 0.3 is 0 Å². The van der Waals surface area contributed by atoms with Crippen LogP contribution in [0.25, 0.3) is 0 Å². The monoisotopic (exact) mass is 322 g/mol. The lowest BCUT2D eigenvalue weighted by Crippen LogP contribution is -2.25. The van der Waals surface area contributed by atoms with Crippen molar-refractivity contribution in [3.8, 4) is 0 Å². The van der Waals surface area contributed by atoms with Crippen molar-refractivity contribution in [1.29, 1.82) is 0 Å². The molecule has 6 nitrogen and oxygen atoms in total. The molecule has 2 unspecified atom stereocenters. The average molecular weight is 322 g/mol. The zero-order valence-corrected chi connectivity index (χ0v) is 14.2. The topological polar surface area (TPSA) is 77.4 Å². The van der Waals surface area contributed by atoms with Crippen LogP contribution < -0.4 is 0 Å². The minimum atomic E-state index is -0.266. The summed E-state index contributed by atoms with van der Waals surface area (Å²) >= 11 is 0. The van der Waals surface area contributed by atoms with Crippen LogP contribution >= 0.6 is 0 Å². The van der Waals surface area contributed by atoms with E-state index in [0.717, 1.165) is 19.3 Å². The second kappa shape index (κ2) is 17.1. The number of aliphatic hydroxyl groups is 2. The van der Waals surface area contributed by atoms with Crippen molar-refractivity contribution in [2.24, 2.45) is 5.92 Å². The smallest absolute Gasteiger partial charge is 0.0701 e. The zero-order chi connectivity index (χ0) is 16.5. The average Bonchev–Trinajstić information content (AvgIpc) is 2.52. The van der Waals surface area contributed by atoms with Crippen molar-refractivity contribution in [2.45, 2.75) is 39.2 Å². The fraction of sp³-hybridized carbons (Fsp3) is 1.00. The molecule has 0 spiro atoms. The lowest BCUT2D eigenvalue weighted by Gasteiger charge is -2.21. The van der Waals surface area contributed by atoms with Crippen LogP contribution in [-0.4, -0.2) is 75.8 Å². The predicted molar refractivity (Wildman–Crippen MR) is 85.1 cm³/mol. The molecule has 6 heteroatoms. The Labute approximate surface area is 134 Å². The Kier molecular flexibility index (Phi) is 16.9. The first-order valence-corrected chi connectivity index (χ1v) is 8.36. The highest BCUT2D eigenvalue weighted by atomic mass is 16.6. The highest BCUT2D eigenvalue weighted by Gasteiger charge is 2.16. The van der Waals surface area contributed by atoms with Crippen molar-refractivity contribution in [1.82, 2.24) is 0 Å². The number of rotatable bonds is 17. The third-order valence-corrected chi connectivity index (χ3v) is 3.34. The van der Waals surface area contributed by atoms with Crippen LogP contribution in [0.2, 0.25) is 0 Å². The maximum absolute atomic E-state index is 9.93. The van der Waals surface area contributed by atoms with E-state index in [9.17, 15) is 5.11 Å². The van der Waals surface area contributed by atoms with Crippen molar-refractivity contribution in [2.75, 3.05) is 59.5 Å². The molecule has 0 aliphatic carbocycles. The Balaban J connectivity index is 3.28. The summed E-state index contributed by atoms with van der Waals surface area (Å²) in [6.45, 7) is 8.24. The summed E-state index contributed by atoms with van der Waals surface area (Å²) in [4.78, 5) is 0. The molecule has 0 rings (SSSR count). The third-order valence-electron chi connectivity index (χ3n) is 3.34. The Morgan fingerprint density at radius 1 is 0.773 bits per heavy atom. The normalized spacial score (nSPS) is 14.2. The molecule has 22 heavy (non-hydrogen) atoms. The Hall–Kier alpha value is -0.240. The summed E-state index contributed by atoms with van der Waals surface area (Å²) in [5, 5.41) is 18.4. The summed E-state index contributed by atoms with van der Waals surface area (Å²) in [5.41, 5.74) is 0. The van der Waals surface area contributed by atoms with Crippen LogP contribution in [0.5, 0.6) is 0 Å². The number of hydrogen-bond acceptors (Lipinski definition) is 6. The summed E-state index contributed by atoms with van der Waals surface area (Å²) in [6, 6.07) is 0. The van der Waals surface area contributed by atoms with E-state index in [-0.39, 0.29) is 18.6 Å². The first kappa shape index (κ1) is 21.8. The molecule has 0 bridgehead atoms. The maximum Gasteiger partial charge on any atom is 0.0701 e. The van der Waals surface area contributed by atoms with Gasteiger partial charge in [0.2, 0.25) is 0 Å². The zero-order valence-electron chi connectivity index (χ0n) is 14.2. The van der Waals surface area contributed by atoms with Gasteiger partial charge in [0.15, 0.2) is 0 Å². The largest absolute Gasteiger partial charge is 0.394 e. The molecule has 134 valence electrons. The number of aliphatic hydroxyl groups excluding tert-OH is 2. The van der Waals surface area contributed by atoms with E-state index in [0.29, 0.717) is 52.9 Å². The van der Waals surface area contributed by atoms with E-state index in [2.05, 4.69) is 13.8 Å². The van der Waals surface area contributed by atoms with Crippen molar-refractivity contribution < 1.29 is 29.2 Å². The molecule has 0 saturated heterocycles. The minimum absolute atomic E-state index is 0.0392. The first-order chi connectivity index (χ1) is 10.8. The summed E-state index contributed by atoms with van der Waals surface area (Å²) in [6.07, 6.45) is 2.48. The van der Waals surface area contributed by atoms with E-state index in [1.54, 1.807) is 0 Å². The second-order valence-electron chi connectivity index (χ2n) is 5.16. The molecule has 0 fully saturated rings. The molecular formula is C16H34O6. The number of ether oxygens (including phenoxy) is 4. The van der Waals surface area contributed by atoms with Gasteiger partial charge in [0.05, 0.1) is 65.6 Å². The Morgan fingerprint density at radius 3 is 1.73 bits per heavy atom. The highest BCUT2D eigenvalue weighted by molar-refractivity contribution is 4.66. The summed E-state index contributed by atoms with van der Waals surface area (Å²) in [7, 11) is 0. The molecule has 0 aromatic carbocycles. The van der Waals surface area contributed by atoms with E-state index in [4.69, 9.17) is 24.1 Å². The van der Waals surface area contributed by atoms with E-state index in [1.807, 2.05) is 0 Å². The lowest BCUT2D eigenvalue weighted by atomic mass is 9.97. The van der Waals surface area contributed by atoms with Gasteiger partial charge in [0.25, 0.3) is 0 Å². The maximum atomic E-state index is 9.93. The van der Waals surface area contributed by atoms with E-state index >= 15 is 0 Å². The molecule has 0 saturated carbocycles. The van der Waals surface area contributed by atoms with Crippen molar-refractivity contribution in [3.63, 3.8) is 0 Å². The van der Waals surface area contributed by atoms with Gasteiger partial charge in [-0.3, -0.25) is 0 Å². The number of hydrogen-bond donors (Lipinski definition) is 2. The molecule has 0 aromatic rings. The summed E-state index contributed by atoms with van der Waals surface area (Å²) in [5.74, 6) is 0.210. The van der Waals surface area contributed by atoms with Gasteiger partial charge in [-0.25, -0.2) is 0 Å². The van der Waals surface area contributed by atoms with Crippen LogP contribution in [0, 0.1) is 5.92 Å². The molecule has 0 heterocycles. The summed E-state index contributed by atoms with van der Waals surface area (Å²) < 4.78 is 21.3. The quantitative estimate of drug-likeness (QED) is 0.392. The third kappa shape index (κ3) is 13.4. The molecular weight excluding hydrogens is 288 g/mol. The molecule has 0 aromatic heterocycles. The first-order valence-electron chi connectivity index (χ1n) is 8.36. The van der Waals surface area contributed by atoms with Crippen LogP contribution in [0.4, 0.5) is 0 Å². The molecule has 0 amide bonds. The van der Waals surface area contributed by atoms with Gasteiger partial charge in [-0.15, -0.1) is 0 Å². The van der Waals surface area contributed by atoms with E-state index < -0.39 is 0 Å². The molecule has 2 atom stereocenters. The molecule has 0 radical (unpaired) electrons. The second-order valence-corrected chi connectivity index (χ2v) is 5.16. The fourth-order valence-corrected chi connectivity index (χ4v) is 1.99. The SMILES string of the molecule is CCCC(O)C(CC)COCCOCCOCCOCCO. The molecule has 2 N–H and O–H groups in total. The fourth-order valence-electron chi connectivity index (χ4n) is 1.99. The van der Waals surface area contributed by atoms with Gasteiger partial charge in [0.1, 0.15) is 0 Å². The van der Waals surface area contributed by atoms with Crippen LogP contribution in [0.1, 0.15) is 33.1 Å². The van der Waals surface area contributed by atoms with E-state index in [1.165, 1.54) is 0 Å².